The molecular formula is C12H10Cl2N2OS2. The summed E-state index contributed by atoms with van der Waals surface area (Å²) in [6.07, 6.45) is 1.50. The standard InChI is InChI=1S/C12H10Cl2N2OS2/c13-8-1-4-11(15-5-8)16-12(17)7-18-6-9-2-3-10(14)19-9/h1-5H,6-7H2,(H,15,16,17). The van der Waals surface area contributed by atoms with Crippen LogP contribution >= 0.6 is 46.3 Å². The van der Waals surface area contributed by atoms with Crippen LogP contribution in [0.1, 0.15) is 4.88 Å². The fourth-order valence-corrected chi connectivity index (χ4v) is 3.44. The number of thiophene rings is 1. The van der Waals surface area contributed by atoms with Crippen LogP contribution in [-0.2, 0) is 10.5 Å². The smallest absolute Gasteiger partial charge is 0.235 e. The molecule has 0 radical (unpaired) electrons. The summed E-state index contributed by atoms with van der Waals surface area (Å²) in [6.45, 7) is 0. The van der Waals surface area contributed by atoms with Gasteiger partial charge in [0.25, 0.3) is 0 Å². The lowest BCUT2D eigenvalue weighted by Gasteiger charge is -2.03. The second-order valence-corrected chi connectivity index (χ2v) is 6.83. The molecule has 0 saturated carbocycles. The number of carbonyl (C=O) groups is 1. The van der Waals surface area contributed by atoms with Gasteiger partial charge in [0.2, 0.25) is 5.91 Å². The molecule has 3 nitrogen and oxygen atoms in total. The summed E-state index contributed by atoms with van der Waals surface area (Å²) in [6, 6.07) is 7.19. The molecule has 0 aliphatic carbocycles. The summed E-state index contributed by atoms with van der Waals surface area (Å²) >= 11 is 14.6. The second-order valence-electron chi connectivity index (χ2n) is 3.61. The van der Waals surface area contributed by atoms with Gasteiger partial charge < -0.3 is 5.32 Å². The van der Waals surface area contributed by atoms with E-state index in [4.69, 9.17) is 23.2 Å². The van der Waals surface area contributed by atoms with Crippen LogP contribution in [0.15, 0.2) is 30.5 Å². The van der Waals surface area contributed by atoms with Crippen LogP contribution in [0.25, 0.3) is 0 Å². The Bertz CT molecular complexity index is 557. The van der Waals surface area contributed by atoms with Crippen molar-refractivity contribution in [2.75, 3.05) is 11.1 Å². The van der Waals surface area contributed by atoms with Crippen LogP contribution in [0, 0.1) is 0 Å². The van der Waals surface area contributed by atoms with Crippen LogP contribution in [0.3, 0.4) is 0 Å². The van der Waals surface area contributed by atoms with E-state index in [2.05, 4.69) is 10.3 Å². The summed E-state index contributed by atoms with van der Waals surface area (Å²) in [5, 5.41) is 3.25. The molecule has 1 N–H and O–H groups in total. The minimum Gasteiger partial charge on any atom is -0.310 e. The van der Waals surface area contributed by atoms with Crippen LogP contribution in [0.4, 0.5) is 5.82 Å². The number of hydrogen-bond acceptors (Lipinski definition) is 4. The Morgan fingerprint density at radius 3 is 2.79 bits per heavy atom. The molecule has 0 aromatic carbocycles. The molecule has 19 heavy (non-hydrogen) atoms. The number of pyridine rings is 1. The van der Waals surface area contributed by atoms with Gasteiger partial charge in [-0.15, -0.1) is 23.1 Å². The third-order valence-electron chi connectivity index (χ3n) is 2.10. The molecular weight excluding hydrogens is 323 g/mol. The van der Waals surface area contributed by atoms with Crippen molar-refractivity contribution in [3.63, 3.8) is 0 Å². The van der Waals surface area contributed by atoms with Gasteiger partial charge in [-0.2, -0.15) is 0 Å². The fourth-order valence-electron chi connectivity index (χ4n) is 1.30. The van der Waals surface area contributed by atoms with Crippen LogP contribution < -0.4 is 5.32 Å². The van der Waals surface area contributed by atoms with Crippen molar-refractivity contribution in [2.24, 2.45) is 0 Å². The van der Waals surface area contributed by atoms with Gasteiger partial charge in [0.05, 0.1) is 15.1 Å². The van der Waals surface area contributed by atoms with E-state index in [1.54, 1.807) is 12.1 Å². The number of amides is 1. The molecule has 0 unspecified atom stereocenters. The maximum atomic E-state index is 11.7. The highest BCUT2D eigenvalue weighted by Gasteiger charge is 2.05. The van der Waals surface area contributed by atoms with Crippen molar-refractivity contribution in [1.82, 2.24) is 4.98 Å². The van der Waals surface area contributed by atoms with Crippen molar-refractivity contribution >= 4 is 58.0 Å². The predicted octanol–water partition coefficient (Wildman–Crippen LogP) is 4.32. The van der Waals surface area contributed by atoms with E-state index in [1.165, 1.54) is 29.3 Å². The normalized spacial score (nSPS) is 10.4. The van der Waals surface area contributed by atoms with Gasteiger partial charge in [0, 0.05) is 16.8 Å². The lowest BCUT2D eigenvalue weighted by Crippen LogP contribution is -2.14. The van der Waals surface area contributed by atoms with E-state index in [0.717, 1.165) is 15.0 Å². The summed E-state index contributed by atoms with van der Waals surface area (Å²) in [5.41, 5.74) is 0. The first-order valence-corrected chi connectivity index (χ1v) is 8.09. The van der Waals surface area contributed by atoms with Gasteiger partial charge in [0.1, 0.15) is 5.82 Å². The minimum atomic E-state index is -0.0810. The van der Waals surface area contributed by atoms with Crippen molar-refractivity contribution < 1.29 is 4.79 Å². The van der Waals surface area contributed by atoms with Gasteiger partial charge in [-0.05, 0) is 24.3 Å². The SMILES string of the molecule is O=C(CSCc1ccc(Cl)s1)Nc1ccc(Cl)cn1. The first-order chi connectivity index (χ1) is 9.13. The number of rotatable bonds is 5. The predicted molar refractivity (Wildman–Crippen MR) is 83.4 cm³/mol. The molecule has 2 aromatic rings. The molecule has 7 heteroatoms. The van der Waals surface area contributed by atoms with Crippen LogP contribution in [0.2, 0.25) is 9.36 Å². The molecule has 0 saturated heterocycles. The zero-order valence-electron chi connectivity index (χ0n) is 9.73. The topological polar surface area (TPSA) is 42.0 Å². The van der Waals surface area contributed by atoms with Crippen molar-refractivity contribution in [3.8, 4) is 0 Å². The van der Waals surface area contributed by atoms with Crippen molar-refractivity contribution in [1.29, 1.82) is 0 Å². The monoisotopic (exact) mass is 332 g/mol. The summed E-state index contributed by atoms with van der Waals surface area (Å²) in [5.74, 6) is 1.58. The lowest BCUT2D eigenvalue weighted by molar-refractivity contribution is -0.113. The molecule has 0 aliphatic rings. The van der Waals surface area contributed by atoms with Crippen molar-refractivity contribution in [2.45, 2.75) is 5.75 Å². The number of halogens is 2. The number of hydrogen-bond donors (Lipinski definition) is 1. The highest BCUT2D eigenvalue weighted by molar-refractivity contribution is 7.99. The van der Waals surface area contributed by atoms with Gasteiger partial charge >= 0.3 is 0 Å². The van der Waals surface area contributed by atoms with Gasteiger partial charge in [-0.1, -0.05) is 23.2 Å². The Kier molecular flexibility index (Phi) is 5.51. The quantitative estimate of drug-likeness (QED) is 0.886. The Labute approximate surface area is 129 Å². The zero-order valence-corrected chi connectivity index (χ0v) is 12.9. The minimum absolute atomic E-state index is 0.0810. The number of aromatic nitrogens is 1. The Morgan fingerprint density at radius 1 is 1.32 bits per heavy atom. The van der Waals surface area contributed by atoms with E-state index in [1.807, 2.05) is 12.1 Å². The molecule has 0 fully saturated rings. The highest BCUT2D eigenvalue weighted by Crippen LogP contribution is 2.25. The molecule has 0 atom stereocenters. The third kappa shape index (κ3) is 5.03. The van der Waals surface area contributed by atoms with Gasteiger partial charge in [-0.3, -0.25) is 4.79 Å². The summed E-state index contributed by atoms with van der Waals surface area (Å²) in [7, 11) is 0. The largest absolute Gasteiger partial charge is 0.310 e. The van der Waals surface area contributed by atoms with E-state index in [0.29, 0.717) is 16.6 Å². The number of nitrogens with one attached hydrogen (secondary N) is 1. The number of anilines is 1. The molecule has 2 rings (SSSR count). The molecule has 2 aromatic heterocycles. The van der Waals surface area contributed by atoms with Crippen LogP contribution in [0.5, 0.6) is 0 Å². The molecule has 2 heterocycles. The van der Waals surface area contributed by atoms with Crippen LogP contribution in [-0.4, -0.2) is 16.6 Å². The maximum absolute atomic E-state index is 11.7. The number of nitrogens with zero attached hydrogens (tertiary/aromatic N) is 1. The second kappa shape index (κ2) is 7.14. The molecule has 0 aliphatic heterocycles. The lowest BCUT2D eigenvalue weighted by atomic mass is 10.4. The van der Waals surface area contributed by atoms with E-state index in [-0.39, 0.29) is 5.91 Å². The van der Waals surface area contributed by atoms with E-state index >= 15 is 0 Å². The molecule has 0 spiro atoms. The average Bonchev–Trinajstić information content (AvgIpc) is 2.78. The Balaban J connectivity index is 1.74. The maximum Gasteiger partial charge on any atom is 0.235 e. The van der Waals surface area contributed by atoms with E-state index in [9.17, 15) is 4.79 Å². The Hall–Kier alpha value is -0.750. The Morgan fingerprint density at radius 2 is 2.16 bits per heavy atom. The first-order valence-electron chi connectivity index (χ1n) is 5.37. The molecule has 100 valence electrons. The van der Waals surface area contributed by atoms with Gasteiger partial charge in [-0.25, -0.2) is 4.98 Å². The third-order valence-corrected chi connectivity index (χ3v) is 4.72. The molecule has 0 bridgehead atoms. The number of carbonyl (C=O) groups excluding carboxylic acids is 1. The number of thioether (sulfide) groups is 1. The first kappa shape index (κ1) is 14.7. The van der Waals surface area contributed by atoms with E-state index < -0.39 is 0 Å². The zero-order chi connectivity index (χ0) is 13.7. The van der Waals surface area contributed by atoms with Crippen molar-refractivity contribution in [3.05, 3.63) is 44.7 Å². The summed E-state index contributed by atoms with van der Waals surface area (Å²) < 4.78 is 0.769. The average molecular weight is 333 g/mol. The summed E-state index contributed by atoms with van der Waals surface area (Å²) in [4.78, 5) is 16.8. The van der Waals surface area contributed by atoms with Gasteiger partial charge in [0.15, 0.2) is 0 Å². The fraction of sp³-hybridized carbons (Fsp3) is 0.167. The molecule has 1 amide bonds. The highest BCUT2D eigenvalue weighted by atomic mass is 35.5.